The number of phenolic OH excluding ortho intramolecular Hbond substituents is 1. The second-order valence-corrected chi connectivity index (χ2v) is 11.1. The van der Waals surface area contributed by atoms with Crippen LogP contribution in [0, 0.1) is 14.3 Å². The number of phenols is 1. The Labute approximate surface area is 207 Å². The van der Waals surface area contributed by atoms with E-state index in [1.165, 1.54) is 0 Å². The summed E-state index contributed by atoms with van der Waals surface area (Å²) in [4.78, 5) is 12.0. The Hall–Kier alpha value is 0.430. The van der Waals surface area contributed by atoms with Crippen molar-refractivity contribution in [3.8, 4) is 17.2 Å². The van der Waals surface area contributed by atoms with Crippen molar-refractivity contribution in [2.45, 2.75) is 32.8 Å². The summed E-state index contributed by atoms with van der Waals surface area (Å²) in [6.07, 6.45) is 0.221. The second-order valence-electron chi connectivity index (χ2n) is 6.49. The molecule has 1 N–H and O–H groups in total. The summed E-state index contributed by atoms with van der Waals surface area (Å²) in [5.74, 6) is 1.40. The van der Waals surface area contributed by atoms with Crippen LogP contribution in [0.15, 0.2) is 24.3 Å². The van der Waals surface area contributed by atoms with Crippen molar-refractivity contribution in [3.05, 3.63) is 44.1 Å². The molecule has 0 unspecified atom stereocenters. The van der Waals surface area contributed by atoms with E-state index in [4.69, 9.17) is 9.47 Å². The highest BCUT2D eigenvalue weighted by Gasteiger charge is 2.18. The van der Waals surface area contributed by atoms with Gasteiger partial charge in [-0.3, -0.25) is 4.79 Å². The minimum atomic E-state index is -0.492. The van der Waals surface area contributed by atoms with Gasteiger partial charge in [-0.25, -0.2) is 0 Å². The SMILES string of the molecule is CC(C)(C)OC(=O)Cc1cc(I)c(Oc2cc(I)c(O)c(I)c2)c(I)c1. The fourth-order valence-electron chi connectivity index (χ4n) is 2.08. The van der Waals surface area contributed by atoms with Crippen molar-refractivity contribution in [2.75, 3.05) is 0 Å². The molecule has 0 spiro atoms. The first-order chi connectivity index (χ1) is 12.0. The maximum Gasteiger partial charge on any atom is 0.310 e. The Kier molecular flexibility index (Phi) is 8.11. The molecule has 2 rings (SSSR count). The third-order valence-corrected chi connectivity index (χ3v) is 6.28. The topological polar surface area (TPSA) is 55.8 Å². The average Bonchev–Trinajstić information content (AvgIpc) is 2.46. The predicted octanol–water partition coefficient (Wildman–Crippen LogP) is 6.49. The Balaban J connectivity index is 2.23. The maximum absolute atomic E-state index is 12.0. The number of esters is 1. The van der Waals surface area contributed by atoms with Gasteiger partial charge in [-0.15, -0.1) is 0 Å². The van der Waals surface area contributed by atoms with Crippen LogP contribution in [0.5, 0.6) is 17.2 Å². The molecule has 0 radical (unpaired) electrons. The zero-order valence-corrected chi connectivity index (χ0v) is 22.8. The van der Waals surface area contributed by atoms with Gasteiger partial charge in [-0.05, 0) is 141 Å². The third-order valence-electron chi connectivity index (χ3n) is 3.04. The van der Waals surface area contributed by atoms with Gasteiger partial charge in [0, 0.05) is 0 Å². The van der Waals surface area contributed by atoms with Gasteiger partial charge in [0.15, 0.2) is 5.75 Å². The molecule has 0 aliphatic heterocycles. The van der Waals surface area contributed by atoms with Crippen molar-refractivity contribution in [3.63, 3.8) is 0 Å². The van der Waals surface area contributed by atoms with Crippen molar-refractivity contribution in [1.82, 2.24) is 0 Å². The number of benzene rings is 2. The van der Waals surface area contributed by atoms with E-state index in [9.17, 15) is 9.90 Å². The lowest BCUT2D eigenvalue weighted by molar-refractivity contribution is -0.153. The molecule has 0 aromatic heterocycles. The Morgan fingerprint density at radius 2 is 1.46 bits per heavy atom. The quantitative estimate of drug-likeness (QED) is 0.284. The summed E-state index contributed by atoms with van der Waals surface area (Å²) in [6.45, 7) is 5.57. The molecule has 0 aliphatic carbocycles. The number of hydrogen-bond donors (Lipinski definition) is 1. The molecule has 26 heavy (non-hydrogen) atoms. The zero-order valence-electron chi connectivity index (χ0n) is 14.2. The van der Waals surface area contributed by atoms with Gasteiger partial charge in [0.05, 0.1) is 20.7 Å². The molecule has 4 nitrogen and oxygen atoms in total. The summed E-state index contributed by atoms with van der Waals surface area (Å²) in [6, 6.07) is 7.44. The van der Waals surface area contributed by atoms with E-state index in [2.05, 4.69) is 90.4 Å². The fraction of sp³-hybridized carbons (Fsp3) is 0.278. The van der Waals surface area contributed by atoms with Crippen LogP contribution in [0.25, 0.3) is 0 Å². The van der Waals surface area contributed by atoms with Crippen molar-refractivity contribution in [2.24, 2.45) is 0 Å². The summed E-state index contributed by atoms with van der Waals surface area (Å²) >= 11 is 8.55. The molecule has 140 valence electrons. The second kappa shape index (κ2) is 9.29. The fourth-order valence-corrected chi connectivity index (χ4v) is 5.90. The van der Waals surface area contributed by atoms with Crippen LogP contribution < -0.4 is 4.74 Å². The largest absolute Gasteiger partial charge is 0.506 e. The molecule has 2 aromatic rings. The van der Waals surface area contributed by atoms with Crippen LogP contribution in [-0.2, 0) is 16.0 Å². The van der Waals surface area contributed by atoms with Crippen LogP contribution in [0.1, 0.15) is 26.3 Å². The first-order valence-electron chi connectivity index (χ1n) is 7.52. The highest BCUT2D eigenvalue weighted by Crippen LogP contribution is 2.36. The van der Waals surface area contributed by atoms with Crippen LogP contribution in [0.3, 0.4) is 0 Å². The molecular weight excluding hydrogens is 788 g/mol. The number of hydrogen-bond acceptors (Lipinski definition) is 4. The number of ether oxygens (including phenoxy) is 2. The molecule has 0 amide bonds. The zero-order chi connectivity index (χ0) is 19.6. The standard InChI is InChI=1S/C18H16I4O4/c1-18(2,3)26-15(23)6-9-4-13(21)17(14(22)5-9)25-10-7-11(19)16(24)12(20)8-10/h4-5,7-8,24H,6H2,1-3H3. The third kappa shape index (κ3) is 6.50. The first-order valence-corrected chi connectivity index (χ1v) is 11.8. The van der Waals surface area contributed by atoms with Gasteiger partial charge in [-0.1, -0.05) is 0 Å². The van der Waals surface area contributed by atoms with E-state index in [1.807, 2.05) is 32.9 Å². The minimum Gasteiger partial charge on any atom is -0.506 e. The van der Waals surface area contributed by atoms with E-state index in [1.54, 1.807) is 12.1 Å². The van der Waals surface area contributed by atoms with E-state index in [0.29, 0.717) is 5.75 Å². The van der Waals surface area contributed by atoms with E-state index in [0.717, 1.165) is 25.6 Å². The summed E-state index contributed by atoms with van der Waals surface area (Å²) in [5.41, 5.74) is 0.392. The molecule has 8 heteroatoms. The normalized spacial score (nSPS) is 11.3. The number of carbonyl (C=O) groups excluding carboxylic acids is 1. The van der Waals surface area contributed by atoms with Gasteiger partial charge >= 0.3 is 5.97 Å². The number of carbonyl (C=O) groups is 1. The van der Waals surface area contributed by atoms with E-state index >= 15 is 0 Å². The minimum absolute atomic E-state index is 0.221. The highest BCUT2D eigenvalue weighted by atomic mass is 127. The Bertz CT molecular complexity index is 798. The van der Waals surface area contributed by atoms with E-state index < -0.39 is 5.60 Å². The van der Waals surface area contributed by atoms with Crippen LogP contribution in [0.4, 0.5) is 0 Å². The predicted molar refractivity (Wildman–Crippen MR) is 135 cm³/mol. The molecule has 0 bridgehead atoms. The summed E-state index contributed by atoms with van der Waals surface area (Å²) < 4.78 is 14.7. The lowest BCUT2D eigenvalue weighted by Gasteiger charge is -2.19. The monoisotopic (exact) mass is 804 g/mol. The van der Waals surface area contributed by atoms with Crippen molar-refractivity contribution >= 4 is 96.3 Å². The number of halogens is 4. The number of aromatic hydroxyl groups is 1. The van der Waals surface area contributed by atoms with Gasteiger partial charge in [0.2, 0.25) is 0 Å². The van der Waals surface area contributed by atoms with Gasteiger partial charge in [0.1, 0.15) is 17.1 Å². The van der Waals surface area contributed by atoms with Crippen LogP contribution in [-0.4, -0.2) is 16.7 Å². The lowest BCUT2D eigenvalue weighted by atomic mass is 10.1. The summed E-state index contributed by atoms with van der Waals surface area (Å²) in [5, 5.41) is 9.89. The highest BCUT2D eigenvalue weighted by molar-refractivity contribution is 14.1. The lowest BCUT2D eigenvalue weighted by Crippen LogP contribution is -2.24. The van der Waals surface area contributed by atoms with Gasteiger partial charge < -0.3 is 14.6 Å². The molecule has 0 saturated carbocycles. The van der Waals surface area contributed by atoms with Gasteiger partial charge in [0.25, 0.3) is 0 Å². The number of rotatable bonds is 4. The molecule has 0 fully saturated rings. The first kappa shape index (κ1) is 22.7. The molecule has 0 heterocycles. The smallest absolute Gasteiger partial charge is 0.310 e. The average molecular weight is 804 g/mol. The van der Waals surface area contributed by atoms with Crippen molar-refractivity contribution < 1.29 is 19.4 Å². The molecule has 2 aromatic carbocycles. The molecule has 0 aliphatic rings. The van der Waals surface area contributed by atoms with Crippen molar-refractivity contribution in [1.29, 1.82) is 0 Å². The van der Waals surface area contributed by atoms with E-state index in [-0.39, 0.29) is 18.1 Å². The van der Waals surface area contributed by atoms with Crippen LogP contribution >= 0.6 is 90.4 Å². The molecular formula is C18H16I4O4. The Morgan fingerprint density at radius 1 is 0.962 bits per heavy atom. The molecule has 0 atom stereocenters. The molecule has 0 saturated heterocycles. The Morgan fingerprint density at radius 3 is 1.92 bits per heavy atom. The maximum atomic E-state index is 12.0. The van der Waals surface area contributed by atoms with Gasteiger partial charge in [-0.2, -0.15) is 0 Å². The summed E-state index contributed by atoms with van der Waals surface area (Å²) in [7, 11) is 0. The van der Waals surface area contributed by atoms with Crippen LogP contribution in [0.2, 0.25) is 0 Å².